The van der Waals surface area contributed by atoms with Gasteiger partial charge in [0.25, 0.3) is 0 Å². The molecule has 0 saturated heterocycles. The number of fused-ring (bicyclic) bond motifs is 5. The van der Waals surface area contributed by atoms with Gasteiger partial charge >= 0.3 is 0 Å². The summed E-state index contributed by atoms with van der Waals surface area (Å²) in [5.41, 5.74) is 2.60. The van der Waals surface area contributed by atoms with Crippen LogP contribution in [0.25, 0.3) is 32.7 Å². The number of rotatable bonds is 6. The highest BCUT2D eigenvalue weighted by molar-refractivity contribution is 6.15. The summed E-state index contributed by atoms with van der Waals surface area (Å²) < 4.78 is 8.27. The van der Waals surface area contributed by atoms with Crippen LogP contribution in [0.4, 0.5) is 0 Å². The van der Waals surface area contributed by atoms with Crippen molar-refractivity contribution in [2.75, 3.05) is 26.7 Å². The summed E-state index contributed by atoms with van der Waals surface area (Å²) in [6, 6.07) is 13.5. The van der Waals surface area contributed by atoms with E-state index < -0.39 is 0 Å². The van der Waals surface area contributed by atoms with Crippen LogP contribution in [0.5, 0.6) is 5.75 Å². The molecular formula is C22H25N3O3. The molecule has 0 aliphatic heterocycles. The Morgan fingerprint density at radius 1 is 1.04 bits per heavy atom. The molecule has 0 spiro atoms. The number of nitrogens with zero attached hydrogens (tertiary/aromatic N) is 3. The first-order valence-corrected chi connectivity index (χ1v) is 9.69. The van der Waals surface area contributed by atoms with Gasteiger partial charge in [0, 0.05) is 17.0 Å². The molecule has 2 heterocycles. The average Bonchev–Trinajstić information content (AvgIpc) is 3.05. The quantitative estimate of drug-likeness (QED) is 0.221. The van der Waals surface area contributed by atoms with Crippen molar-refractivity contribution in [3.05, 3.63) is 59.1 Å². The Morgan fingerprint density at radius 3 is 2.50 bits per heavy atom. The van der Waals surface area contributed by atoms with Crippen LogP contribution in [-0.2, 0) is 6.54 Å². The van der Waals surface area contributed by atoms with E-state index in [1.54, 1.807) is 25.4 Å². The molecular weight excluding hydrogens is 354 g/mol. The molecule has 2 aromatic heterocycles. The zero-order valence-corrected chi connectivity index (χ0v) is 16.5. The van der Waals surface area contributed by atoms with Crippen LogP contribution in [0, 0.1) is 10.4 Å². The molecule has 4 aromatic rings. The van der Waals surface area contributed by atoms with E-state index in [0.717, 1.165) is 31.9 Å². The van der Waals surface area contributed by atoms with E-state index >= 15 is 0 Å². The molecule has 0 N–H and O–H groups in total. The summed E-state index contributed by atoms with van der Waals surface area (Å²) in [6.07, 6.45) is 1.64. The van der Waals surface area contributed by atoms with E-state index in [1.807, 2.05) is 44.2 Å². The smallest absolute Gasteiger partial charge is 0.226 e. The van der Waals surface area contributed by atoms with E-state index in [0.29, 0.717) is 37.4 Å². The fourth-order valence-corrected chi connectivity index (χ4v) is 4.02. The van der Waals surface area contributed by atoms with Gasteiger partial charge in [0.2, 0.25) is 5.52 Å². The lowest BCUT2D eigenvalue weighted by Crippen LogP contribution is -2.43. The number of hydrogen-bond acceptors (Lipinski definition) is 3. The number of methoxy groups -OCH3 is 1. The van der Waals surface area contributed by atoms with Crippen LogP contribution in [0.3, 0.4) is 0 Å². The lowest BCUT2D eigenvalue weighted by molar-refractivity contribution is -0.877. The van der Waals surface area contributed by atoms with Crippen LogP contribution in [0.2, 0.25) is 0 Å². The van der Waals surface area contributed by atoms with Crippen LogP contribution in [0.1, 0.15) is 13.8 Å². The van der Waals surface area contributed by atoms with Gasteiger partial charge in [0.05, 0.1) is 49.6 Å². The molecule has 6 heteroatoms. The minimum atomic E-state index is -0.232. The van der Waals surface area contributed by atoms with Gasteiger partial charge in [-0.1, -0.05) is 18.2 Å². The standard InChI is InChI=1S/C22H25N3O3/c1-4-25(27,5-2)13-12-23-20-9-7-6-8-17(20)19-15-24(26)21-11-10-16(28-3)14-18(21)22(19)23/h6-11,14-15H,4-5,12-13H2,1-3H3. The Balaban J connectivity index is 2.04. The van der Waals surface area contributed by atoms with E-state index in [1.165, 1.54) is 0 Å². The van der Waals surface area contributed by atoms with Gasteiger partial charge in [-0.25, -0.2) is 0 Å². The number of hydroxylamine groups is 3. The van der Waals surface area contributed by atoms with E-state index in [2.05, 4.69) is 4.57 Å². The molecule has 0 fully saturated rings. The summed E-state index contributed by atoms with van der Waals surface area (Å²) in [4.78, 5) is 0. The molecule has 6 nitrogen and oxygen atoms in total. The summed E-state index contributed by atoms with van der Waals surface area (Å²) in [6.45, 7) is 6.03. The molecule has 146 valence electrons. The first-order valence-electron chi connectivity index (χ1n) is 9.69. The predicted molar refractivity (Wildman–Crippen MR) is 112 cm³/mol. The van der Waals surface area contributed by atoms with Gasteiger partial charge in [0.1, 0.15) is 5.75 Å². The van der Waals surface area contributed by atoms with E-state index in [-0.39, 0.29) is 4.65 Å². The second-order valence-electron chi connectivity index (χ2n) is 7.18. The zero-order valence-electron chi connectivity index (χ0n) is 16.5. The summed E-state index contributed by atoms with van der Waals surface area (Å²) in [5.74, 6) is 0.702. The molecule has 0 unspecified atom stereocenters. The monoisotopic (exact) mass is 379 g/mol. The highest BCUT2D eigenvalue weighted by atomic mass is 16.5. The topological polar surface area (TPSA) is 64.2 Å². The second kappa shape index (κ2) is 6.96. The van der Waals surface area contributed by atoms with Crippen LogP contribution in [0.15, 0.2) is 48.7 Å². The number of aromatic nitrogens is 2. The van der Waals surface area contributed by atoms with Crippen molar-refractivity contribution in [2.24, 2.45) is 0 Å². The van der Waals surface area contributed by atoms with Gasteiger partial charge < -0.3 is 24.4 Å². The molecule has 0 amide bonds. The number of hydrogen-bond donors (Lipinski definition) is 0. The van der Waals surface area contributed by atoms with Gasteiger partial charge in [-0.05, 0) is 32.0 Å². The Morgan fingerprint density at radius 2 is 1.79 bits per heavy atom. The molecule has 0 aliphatic rings. The minimum absolute atomic E-state index is 0.232. The van der Waals surface area contributed by atoms with Crippen molar-refractivity contribution in [3.63, 3.8) is 0 Å². The number of ether oxygens (including phenoxy) is 1. The SMILES string of the molecule is CC[N+]([O-])(CC)CCn1c2ccccc2c2c[n+]([O-])c3ccc(OC)cc3c21. The molecule has 0 saturated carbocycles. The Bertz CT molecular complexity index is 1160. The zero-order chi connectivity index (χ0) is 19.9. The van der Waals surface area contributed by atoms with Crippen molar-refractivity contribution < 1.29 is 14.1 Å². The predicted octanol–water partition coefficient (Wildman–Crippen LogP) is 3.94. The maximum absolute atomic E-state index is 12.9. The van der Waals surface area contributed by atoms with Crippen molar-refractivity contribution in [1.29, 1.82) is 0 Å². The van der Waals surface area contributed by atoms with Gasteiger partial charge in [-0.15, -0.1) is 0 Å². The van der Waals surface area contributed by atoms with Crippen molar-refractivity contribution in [2.45, 2.75) is 20.4 Å². The highest BCUT2D eigenvalue weighted by Gasteiger charge is 2.21. The summed E-state index contributed by atoms with van der Waals surface area (Å²) in [5, 5.41) is 28.3. The number of pyridine rings is 1. The third-order valence-electron chi connectivity index (χ3n) is 5.84. The number of likely N-dealkylation sites (N-methyl/N-ethyl adjacent to an activating group) is 1. The van der Waals surface area contributed by atoms with Crippen molar-refractivity contribution in [3.8, 4) is 5.75 Å². The van der Waals surface area contributed by atoms with Gasteiger partial charge in [-0.3, -0.25) is 0 Å². The molecule has 0 aliphatic carbocycles. The lowest BCUT2D eigenvalue weighted by atomic mass is 10.1. The van der Waals surface area contributed by atoms with Crippen LogP contribution >= 0.6 is 0 Å². The minimum Gasteiger partial charge on any atom is -0.633 e. The maximum Gasteiger partial charge on any atom is 0.226 e. The molecule has 0 radical (unpaired) electrons. The molecule has 2 aromatic carbocycles. The first-order chi connectivity index (χ1) is 13.5. The maximum atomic E-state index is 12.9. The van der Waals surface area contributed by atoms with E-state index in [4.69, 9.17) is 4.74 Å². The number of para-hydroxylation sites is 1. The van der Waals surface area contributed by atoms with Gasteiger partial charge in [0.15, 0.2) is 6.20 Å². The Hall–Kier alpha value is -2.83. The van der Waals surface area contributed by atoms with E-state index in [9.17, 15) is 10.4 Å². The largest absolute Gasteiger partial charge is 0.633 e. The van der Waals surface area contributed by atoms with Crippen LogP contribution in [-0.4, -0.2) is 36.0 Å². The number of quaternary nitrogens is 1. The second-order valence-corrected chi connectivity index (χ2v) is 7.18. The fourth-order valence-electron chi connectivity index (χ4n) is 4.02. The van der Waals surface area contributed by atoms with Crippen LogP contribution < -0.4 is 9.47 Å². The fraction of sp³-hybridized carbons (Fsp3) is 0.318. The number of benzene rings is 2. The first kappa shape index (κ1) is 18.5. The molecule has 28 heavy (non-hydrogen) atoms. The Kier molecular flexibility index (Phi) is 4.61. The third kappa shape index (κ3) is 2.85. The van der Waals surface area contributed by atoms with Gasteiger partial charge in [-0.2, -0.15) is 4.73 Å². The summed E-state index contributed by atoms with van der Waals surface area (Å²) >= 11 is 0. The molecule has 0 atom stereocenters. The molecule has 0 bridgehead atoms. The van der Waals surface area contributed by atoms with Crippen molar-refractivity contribution in [1.82, 2.24) is 4.57 Å². The van der Waals surface area contributed by atoms with Crippen molar-refractivity contribution >= 4 is 32.7 Å². The molecule has 4 rings (SSSR count). The third-order valence-corrected chi connectivity index (χ3v) is 5.84. The Labute approximate surface area is 163 Å². The summed E-state index contributed by atoms with van der Waals surface area (Å²) in [7, 11) is 1.62. The lowest BCUT2D eigenvalue weighted by Gasteiger charge is -2.41. The average molecular weight is 379 g/mol. The normalized spacial score (nSPS) is 12.3. The highest BCUT2D eigenvalue weighted by Crippen LogP contribution is 2.34.